The summed E-state index contributed by atoms with van der Waals surface area (Å²) in [5, 5.41) is 55.4. The highest BCUT2D eigenvalue weighted by Gasteiger charge is 2.54. The molecule has 1 aliphatic carbocycles. The number of rotatable bonds is 7. The second-order valence-electron chi connectivity index (χ2n) is 10.8. The highest BCUT2D eigenvalue weighted by atomic mass is 16.8. The lowest BCUT2D eigenvalue weighted by Crippen LogP contribution is -2.70. The number of aliphatic hydroxyl groups is 5. The first kappa shape index (κ1) is 31.6. The maximum atomic E-state index is 11.2. The van der Waals surface area contributed by atoms with E-state index in [0.29, 0.717) is 0 Å². The van der Waals surface area contributed by atoms with Crippen molar-refractivity contribution in [3.63, 3.8) is 0 Å². The van der Waals surface area contributed by atoms with Crippen molar-refractivity contribution in [2.24, 2.45) is 39.4 Å². The van der Waals surface area contributed by atoms with Gasteiger partial charge in [0.15, 0.2) is 24.8 Å². The lowest BCUT2D eigenvalue weighted by molar-refractivity contribution is -0.372. The molecule has 232 valence electrons. The number of nitrogens with zero attached hydrogens (tertiary/aromatic N) is 1. The molecule has 1 saturated carbocycles. The number of hydrogen-bond donors (Lipinski definition) is 12. The molecule has 18 nitrogen and oxygen atoms in total. The normalized spacial score (nSPS) is 51.6. The van der Waals surface area contributed by atoms with Gasteiger partial charge >= 0.3 is 0 Å². The summed E-state index contributed by atoms with van der Waals surface area (Å²) in [6.45, 7) is -0.583. The number of aliphatic imine (C=N–C) groups is 1. The number of likely N-dealkylation sites (N-methyl/N-ethyl adjacent to an activating group) is 1. The van der Waals surface area contributed by atoms with Crippen molar-refractivity contribution in [2.75, 3.05) is 13.7 Å². The maximum Gasteiger partial charge on any atom is 0.189 e. The smallest absolute Gasteiger partial charge is 0.189 e. The average Bonchev–Trinajstić information content (AvgIpc) is 2.90. The standard InChI is InChI=1S/C22H44N8O10/c1-29-12-15(34)18-8(3-7(25)19(39-18)38-17-6(24)2-5(23)13(32)10(17)26)36-20(12)40-21-16(35)14(33)11(30-22(27)28)9(4-31)37-21/h5-21,29,31-35H,2-4,23-26H2,1H3,(H4,27,28,30)/t5-,6?,7+,8+,9?,10-,11-,12?,13?,14+,15?,16?,17-,18?,19+,20?,21-/m1/s1. The Bertz CT molecular complexity index is 871. The number of ether oxygens (including phenoxy) is 5. The van der Waals surface area contributed by atoms with Gasteiger partial charge in [-0.05, 0) is 19.9 Å². The molecule has 4 fully saturated rings. The number of fused-ring (bicyclic) bond motifs is 1. The quantitative estimate of drug-likeness (QED) is 0.0982. The molecule has 0 bridgehead atoms. The summed E-state index contributed by atoms with van der Waals surface area (Å²) in [5.41, 5.74) is 35.3. The molecule has 17 atom stereocenters. The second kappa shape index (κ2) is 12.9. The molecule has 0 aromatic heterocycles. The van der Waals surface area contributed by atoms with Gasteiger partial charge in [0, 0.05) is 12.1 Å². The van der Waals surface area contributed by atoms with Crippen molar-refractivity contribution in [1.29, 1.82) is 0 Å². The maximum absolute atomic E-state index is 11.2. The lowest BCUT2D eigenvalue weighted by atomic mass is 9.83. The molecule has 18 N–H and O–H groups in total. The molecule has 0 aromatic rings. The van der Waals surface area contributed by atoms with Gasteiger partial charge in [0.05, 0.1) is 43.0 Å². The summed E-state index contributed by atoms with van der Waals surface area (Å²) in [5.74, 6) is -0.360. The van der Waals surface area contributed by atoms with E-state index in [-0.39, 0.29) is 18.8 Å². The Morgan fingerprint density at radius 2 is 1.52 bits per heavy atom. The predicted molar refractivity (Wildman–Crippen MR) is 137 cm³/mol. The van der Waals surface area contributed by atoms with E-state index in [1.165, 1.54) is 0 Å². The van der Waals surface area contributed by atoms with E-state index in [4.69, 9.17) is 58.1 Å². The fraction of sp³-hybridized carbons (Fsp3) is 0.955. The van der Waals surface area contributed by atoms with Crippen LogP contribution in [-0.2, 0) is 23.7 Å². The number of aliphatic hydroxyl groups excluding tert-OH is 5. The first-order valence-electron chi connectivity index (χ1n) is 13.3. The van der Waals surface area contributed by atoms with Gasteiger partial charge in [-0.15, -0.1) is 0 Å². The van der Waals surface area contributed by atoms with Gasteiger partial charge in [0.25, 0.3) is 0 Å². The summed E-state index contributed by atoms with van der Waals surface area (Å²) in [6, 6.07) is -4.79. The first-order valence-corrected chi connectivity index (χ1v) is 13.3. The third-order valence-electron chi connectivity index (χ3n) is 8.04. The zero-order valence-corrected chi connectivity index (χ0v) is 22.1. The Labute approximate surface area is 230 Å². The highest BCUT2D eigenvalue weighted by molar-refractivity contribution is 5.76. The monoisotopic (exact) mass is 580 g/mol. The van der Waals surface area contributed by atoms with Crippen molar-refractivity contribution in [2.45, 2.75) is 117 Å². The summed E-state index contributed by atoms with van der Waals surface area (Å²) in [6.07, 6.45) is -12.2. The fourth-order valence-corrected chi connectivity index (χ4v) is 5.81. The Hall–Kier alpha value is -1.33. The van der Waals surface area contributed by atoms with E-state index in [9.17, 15) is 25.5 Å². The Morgan fingerprint density at radius 1 is 0.825 bits per heavy atom. The minimum absolute atomic E-state index is 0.171. The van der Waals surface area contributed by atoms with Gasteiger partial charge in [-0.2, -0.15) is 0 Å². The molecule has 4 rings (SSSR count). The Balaban J connectivity index is 1.44. The molecule has 3 aliphatic heterocycles. The number of nitrogens with one attached hydrogen (secondary N) is 1. The van der Waals surface area contributed by atoms with Gasteiger partial charge in [0.2, 0.25) is 0 Å². The predicted octanol–water partition coefficient (Wildman–Crippen LogP) is -7.67. The molecule has 0 radical (unpaired) electrons. The number of hydrogen-bond acceptors (Lipinski definition) is 16. The molecule has 4 aliphatic rings. The van der Waals surface area contributed by atoms with Gasteiger partial charge in [0.1, 0.15) is 36.6 Å². The van der Waals surface area contributed by atoms with Crippen LogP contribution in [0, 0.1) is 0 Å². The zero-order chi connectivity index (χ0) is 29.5. The van der Waals surface area contributed by atoms with E-state index in [0.717, 1.165) is 0 Å². The van der Waals surface area contributed by atoms with E-state index in [2.05, 4.69) is 10.3 Å². The fourth-order valence-electron chi connectivity index (χ4n) is 5.81. The van der Waals surface area contributed by atoms with Crippen molar-refractivity contribution in [1.82, 2.24) is 5.32 Å². The Morgan fingerprint density at radius 3 is 2.15 bits per heavy atom. The summed E-state index contributed by atoms with van der Waals surface area (Å²) >= 11 is 0. The van der Waals surface area contributed by atoms with Crippen LogP contribution in [0.1, 0.15) is 12.8 Å². The topological polar surface area (TPSA) is 328 Å². The SMILES string of the molecule is CNC1C(O[C@H]2OC(CO)[C@@H](N=C(N)N)[C@H](O)C2O)O[C@H]2C[C@H](N)[C@@H](O[C@@H]3C(N)C[C@@H](N)C(O)[C@H]3N)OC2C1O. The highest BCUT2D eigenvalue weighted by Crippen LogP contribution is 2.35. The molecule has 0 spiro atoms. The molecule has 18 heteroatoms. The van der Waals surface area contributed by atoms with Gasteiger partial charge in [-0.25, -0.2) is 4.99 Å². The van der Waals surface area contributed by atoms with Crippen LogP contribution in [-0.4, -0.2) is 149 Å². The zero-order valence-electron chi connectivity index (χ0n) is 22.1. The van der Waals surface area contributed by atoms with E-state index < -0.39 is 111 Å². The molecule has 8 unspecified atom stereocenters. The first-order chi connectivity index (χ1) is 18.9. The third kappa shape index (κ3) is 6.21. The van der Waals surface area contributed by atoms with Crippen LogP contribution in [0.3, 0.4) is 0 Å². The van der Waals surface area contributed by atoms with Crippen LogP contribution in [0.5, 0.6) is 0 Å². The summed E-state index contributed by atoms with van der Waals surface area (Å²) < 4.78 is 29.6. The van der Waals surface area contributed by atoms with Crippen LogP contribution >= 0.6 is 0 Å². The minimum atomic E-state index is -1.62. The van der Waals surface area contributed by atoms with Crippen LogP contribution in [0.15, 0.2) is 4.99 Å². The third-order valence-corrected chi connectivity index (χ3v) is 8.04. The van der Waals surface area contributed by atoms with Crippen molar-refractivity contribution in [3.8, 4) is 0 Å². The van der Waals surface area contributed by atoms with E-state index in [1.54, 1.807) is 7.05 Å². The molecular formula is C22H44N8O10. The van der Waals surface area contributed by atoms with Gasteiger partial charge in [-0.1, -0.05) is 0 Å². The number of guanidine groups is 1. The van der Waals surface area contributed by atoms with E-state index >= 15 is 0 Å². The largest absolute Gasteiger partial charge is 0.394 e. The Kier molecular flexibility index (Phi) is 10.2. The van der Waals surface area contributed by atoms with Crippen molar-refractivity contribution in [3.05, 3.63) is 0 Å². The van der Waals surface area contributed by atoms with Crippen molar-refractivity contribution >= 4 is 5.96 Å². The summed E-state index contributed by atoms with van der Waals surface area (Å²) in [4.78, 5) is 3.83. The molecular weight excluding hydrogens is 536 g/mol. The van der Waals surface area contributed by atoms with Crippen LogP contribution in [0.25, 0.3) is 0 Å². The molecule has 40 heavy (non-hydrogen) atoms. The molecule has 0 aromatic carbocycles. The van der Waals surface area contributed by atoms with Crippen LogP contribution in [0.4, 0.5) is 0 Å². The van der Waals surface area contributed by atoms with Crippen LogP contribution < -0.4 is 39.7 Å². The van der Waals surface area contributed by atoms with Crippen molar-refractivity contribution < 1.29 is 49.2 Å². The molecule has 3 saturated heterocycles. The molecule has 0 amide bonds. The van der Waals surface area contributed by atoms with Gasteiger partial charge in [-0.3, -0.25) is 0 Å². The van der Waals surface area contributed by atoms with Crippen LogP contribution in [0.2, 0.25) is 0 Å². The van der Waals surface area contributed by atoms with Gasteiger partial charge < -0.3 is 88.9 Å². The van der Waals surface area contributed by atoms with E-state index in [1.807, 2.05) is 0 Å². The average molecular weight is 581 g/mol. The number of nitrogens with two attached hydrogens (primary N) is 6. The second-order valence-corrected chi connectivity index (χ2v) is 10.8. The summed E-state index contributed by atoms with van der Waals surface area (Å²) in [7, 11) is 1.56. The molecule has 3 heterocycles. The minimum Gasteiger partial charge on any atom is -0.394 e. The lowest BCUT2D eigenvalue weighted by Gasteiger charge is -2.51.